The highest BCUT2D eigenvalue weighted by Crippen LogP contribution is 2.31. The Bertz CT molecular complexity index is 722. The standard InChI is InChI=1S/C22H29NO3/c1-16(21(25)17-11-7-6-8-12-17)23(5)20(24)15-26-19-14-10-9-13-18(19)22(2,3)4/h6-14,16,21,25H,15H2,1-5H3. The van der Waals surface area contributed by atoms with Gasteiger partial charge in [-0.15, -0.1) is 0 Å². The van der Waals surface area contributed by atoms with Gasteiger partial charge in [0.1, 0.15) is 5.75 Å². The molecular formula is C22H29NO3. The summed E-state index contributed by atoms with van der Waals surface area (Å²) in [6.07, 6.45) is -0.744. The van der Waals surface area contributed by atoms with Crippen LogP contribution in [0.5, 0.6) is 5.75 Å². The number of hydrogen-bond donors (Lipinski definition) is 1. The van der Waals surface area contributed by atoms with E-state index in [9.17, 15) is 9.90 Å². The van der Waals surface area contributed by atoms with Crippen molar-refractivity contribution in [3.05, 3.63) is 65.7 Å². The third-order valence-corrected chi connectivity index (χ3v) is 4.65. The summed E-state index contributed by atoms with van der Waals surface area (Å²) in [4.78, 5) is 14.1. The Labute approximate surface area is 156 Å². The van der Waals surface area contributed by atoms with Crippen LogP contribution >= 0.6 is 0 Å². The van der Waals surface area contributed by atoms with E-state index in [1.54, 1.807) is 7.05 Å². The van der Waals surface area contributed by atoms with E-state index in [2.05, 4.69) is 20.8 Å². The lowest BCUT2D eigenvalue weighted by Gasteiger charge is -2.29. The van der Waals surface area contributed by atoms with Crippen LogP contribution in [-0.2, 0) is 10.2 Å². The molecule has 0 spiro atoms. The fraction of sp³-hybridized carbons (Fsp3) is 0.409. The lowest BCUT2D eigenvalue weighted by atomic mass is 9.86. The lowest BCUT2D eigenvalue weighted by molar-refractivity contribution is -0.136. The number of nitrogens with zero attached hydrogens (tertiary/aromatic N) is 1. The smallest absolute Gasteiger partial charge is 0.260 e. The number of hydrogen-bond acceptors (Lipinski definition) is 3. The number of amides is 1. The minimum atomic E-state index is -0.744. The van der Waals surface area contributed by atoms with Crippen molar-refractivity contribution in [3.8, 4) is 5.75 Å². The molecule has 2 atom stereocenters. The number of carbonyl (C=O) groups excluding carboxylic acids is 1. The predicted molar refractivity (Wildman–Crippen MR) is 104 cm³/mol. The Kier molecular flexibility index (Phi) is 6.43. The maximum absolute atomic E-state index is 12.5. The number of ether oxygens (including phenoxy) is 1. The second-order valence-corrected chi connectivity index (χ2v) is 7.64. The number of rotatable bonds is 6. The topological polar surface area (TPSA) is 49.8 Å². The molecule has 0 aliphatic heterocycles. The molecule has 2 rings (SSSR count). The number of likely N-dealkylation sites (N-methyl/N-ethyl adjacent to an activating group) is 1. The summed E-state index contributed by atoms with van der Waals surface area (Å²) < 4.78 is 5.81. The van der Waals surface area contributed by atoms with E-state index in [-0.39, 0.29) is 24.0 Å². The first-order valence-corrected chi connectivity index (χ1v) is 8.93. The van der Waals surface area contributed by atoms with E-state index in [1.807, 2.05) is 61.5 Å². The largest absolute Gasteiger partial charge is 0.483 e. The molecule has 2 aromatic carbocycles. The average molecular weight is 355 g/mol. The Balaban J connectivity index is 2.02. The highest BCUT2D eigenvalue weighted by Gasteiger charge is 2.25. The van der Waals surface area contributed by atoms with Crippen molar-refractivity contribution in [3.63, 3.8) is 0 Å². The summed E-state index contributed by atoms with van der Waals surface area (Å²) in [7, 11) is 1.69. The van der Waals surface area contributed by atoms with Gasteiger partial charge in [0.05, 0.1) is 12.1 Å². The number of aliphatic hydroxyl groups is 1. The van der Waals surface area contributed by atoms with E-state index in [0.29, 0.717) is 0 Å². The Morgan fingerprint density at radius 2 is 1.65 bits per heavy atom. The van der Waals surface area contributed by atoms with Gasteiger partial charge in [-0.1, -0.05) is 69.3 Å². The van der Waals surface area contributed by atoms with Gasteiger partial charge in [0, 0.05) is 7.05 Å². The van der Waals surface area contributed by atoms with Crippen molar-refractivity contribution < 1.29 is 14.6 Å². The molecule has 26 heavy (non-hydrogen) atoms. The Morgan fingerprint density at radius 1 is 1.08 bits per heavy atom. The summed E-state index contributed by atoms with van der Waals surface area (Å²) in [5.74, 6) is 0.550. The molecule has 1 N–H and O–H groups in total. The molecule has 0 aromatic heterocycles. The molecule has 0 aliphatic rings. The van der Waals surface area contributed by atoms with Crippen LogP contribution in [-0.4, -0.2) is 35.6 Å². The summed E-state index contributed by atoms with van der Waals surface area (Å²) in [5.41, 5.74) is 1.79. The first-order chi connectivity index (χ1) is 12.2. The van der Waals surface area contributed by atoms with Gasteiger partial charge in [-0.2, -0.15) is 0 Å². The van der Waals surface area contributed by atoms with Crippen LogP contribution in [0, 0.1) is 0 Å². The number of aliphatic hydroxyl groups excluding tert-OH is 1. The van der Waals surface area contributed by atoms with Gasteiger partial charge in [0.15, 0.2) is 6.61 Å². The van der Waals surface area contributed by atoms with E-state index in [4.69, 9.17) is 4.74 Å². The van der Waals surface area contributed by atoms with Crippen molar-refractivity contribution in [2.75, 3.05) is 13.7 Å². The number of benzene rings is 2. The molecule has 4 heteroatoms. The molecule has 0 heterocycles. The highest BCUT2D eigenvalue weighted by molar-refractivity contribution is 5.78. The fourth-order valence-corrected chi connectivity index (χ4v) is 2.82. The molecule has 0 fully saturated rings. The molecule has 140 valence electrons. The average Bonchev–Trinajstić information content (AvgIpc) is 2.64. The van der Waals surface area contributed by atoms with Gasteiger partial charge < -0.3 is 14.7 Å². The minimum Gasteiger partial charge on any atom is -0.483 e. The van der Waals surface area contributed by atoms with Gasteiger partial charge in [0.2, 0.25) is 0 Å². The summed E-state index contributed by atoms with van der Waals surface area (Å²) in [6.45, 7) is 8.11. The number of para-hydroxylation sites is 1. The van der Waals surface area contributed by atoms with Gasteiger partial charge in [0.25, 0.3) is 5.91 Å². The molecule has 2 aromatic rings. The molecular weight excluding hydrogens is 326 g/mol. The van der Waals surface area contributed by atoms with E-state index in [1.165, 1.54) is 4.90 Å². The van der Waals surface area contributed by atoms with Crippen molar-refractivity contribution in [2.45, 2.75) is 45.3 Å². The molecule has 0 saturated carbocycles. The van der Waals surface area contributed by atoms with Gasteiger partial charge in [-0.05, 0) is 29.5 Å². The van der Waals surface area contributed by atoms with Crippen LogP contribution in [0.25, 0.3) is 0 Å². The Morgan fingerprint density at radius 3 is 2.27 bits per heavy atom. The summed E-state index contributed by atoms with van der Waals surface area (Å²) in [6, 6.07) is 16.8. The maximum atomic E-state index is 12.5. The minimum absolute atomic E-state index is 0.0601. The molecule has 0 bridgehead atoms. The zero-order valence-electron chi connectivity index (χ0n) is 16.3. The first-order valence-electron chi connectivity index (χ1n) is 8.93. The molecule has 0 saturated heterocycles. The van der Waals surface area contributed by atoms with Crippen LogP contribution in [0.1, 0.15) is 44.9 Å². The van der Waals surface area contributed by atoms with Gasteiger partial charge in [-0.3, -0.25) is 4.79 Å². The second-order valence-electron chi connectivity index (χ2n) is 7.64. The van der Waals surface area contributed by atoms with E-state index in [0.717, 1.165) is 16.9 Å². The third-order valence-electron chi connectivity index (χ3n) is 4.65. The molecule has 4 nitrogen and oxygen atoms in total. The summed E-state index contributed by atoms with van der Waals surface area (Å²) >= 11 is 0. The summed E-state index contributed by atoms with van der Waals surface area (Å²) in [5, 5.41) is 10.5. The quantitative estimate of drug-likeness (QED) is 0.854. The molecule has 2 unspecified atom stereocenters. The van der Waals surface area contributed by atoms with Crippen molar-refractivity contribution >= 4 is 5.91 Å². The zero-order valence-corrected chi connectivity index (χ0v) is 16.3. The van der Waals surface area contributed by atoms with E-state index < -0.39 is 6.10 Å². The Hall–Kier alpha value is -2.33. The normalized spacial score (nSPS) is 13.8. The fourth-order valence-electron chi connectivity index (χ4n) is 2.82. The maximum Gasteiger partial charge on any atom is 0.260 e. The van der Waals surface area contributed by atoms with Gasteiger partial charge >= 0.3 is 0 Å². The van der Waals surface area contributed by atoms with Gasteiger partial charge in [-0.25, -0.2) is 0 Å². The monoisotopic (exact) mass is 355 g/mol. The molecule has 1 amide bonds. The van der Waals surface area contributed by atoms with Crippen LogP contribution in [0.4, 0.5) is 0 Å². The lowest BCUT2D eigenvalue weighted by Crippen LogP contribution is -2.41. The third kappa shape index (κ3) is 4.85. The van der Waals surface area contributed by atoms with Crippen LogP contribution < -0.4 is 4.74 Å². The predicted octanol–water partition coefficient (Wildman–Crippen LogP) is 3.94. The van der Waals surface area contributed by atoms with Crippen molar-refractivity contribution in [2.24, 2.45) is 0 Å². The first kappa shape index (κ1) is 20.0. The zero-order chi connectivity index (χ0) is 19.3. The van der Waals surface area contributed by atoms with Crippen LogP contribution in [0.15, 0.2) is 54.6 Å². The van der Waals surface area contributed by atoms with E-state index >= 15 is 0 Å². The molecule has 0 radical (unpaired) electrons. The molecule has 0 aliphatic carbocycles. The highest BCUT2D eigenvalue weighted by atomic mass is 16.5. The van der Waals surface area contributed by atoms with Crippen LogP contribution in [0.3, 0.4) is 0 Å². The van der Waals surface area contributed by atoms with Crippen molar-refractivity contribution in [1.82, 2.24) is 4.90 Å². The number of carbonyl (C=O) groups is 1. The second kappa shape index (κ2) is 8.37. The SMILES string of the molecule is CC(C(O)c1ccccc1)N(C)C(=O)COc1ccccc1C(C)(C)C. The van der Waals surface area contributed by atoms with Crippen LogP contribution in [0.2, 0.25) is 0 Å². The van der Waals surface area contributed by atoms with Crippen molar-refractivity contribution in [1.29, 1.82) is 0 Å².